The molecule has 1 aromatic carbocycles. The Balaban J connectivity index is 1.50. The normalized spacial score (nSPS) is 20.4. The van der Waals surface area contributed by atoms with Crippen molar-refractivity contribution in [1.29, 1.82) is 0 Å². The van der Waals surface area contributed by atoms with Crippen molar-refractivity contribution in [3.63, 3.8) is 0 Å². The standard InChI is InChI=1S/C18H18N4O2S/c23-9-13(5-11-1-2-11)8-19-18-21-15(17(24)22-18)6-12-3-4-14-16(7-12)25-10-20-14/h3-4,6-8,10-11,13,23H,1-2,5,9H2,(H,21,22,24)/b15-6-,19-8-. The lowest BCUT2D eigenvalue weighted by atomic mass is 10.1. The molecule has 0 saturated heterocycles. The Labute approximate surface area is 149 Å². The summed E-state index contributed by atoms with van der Waals surface area (Å²) >= 11 is 1.56. The van der Waals surface area contributed by atoms with Gasteiger partial charge in [-0.2, -0.15) is 0 Å². The number of hydrogen-bond donors (Lipinski definition) is 2. The van der Waals surface area contributed by atoms with E-state index >= 15 is 0 Å². The Kier molecular flexibility index (Phi) is 4.42. The van der Waals surface area contributed by atoms with Crippen LogP contribution in [0.2, 0.25) is 0 Å². The topological polar surface area (TPSA) is 86.9 Å². The number of rotatable bonds is 5. The second-order valence-corrected chi connectivity index (χ2v) is 7.28. The molecule has 25 heavy (non-hydrogen) atoms. The molecule has 1 aliphatic heterocycles. The number of carbonyl (C=O) groups excluding carboxylic acids is 1. The van der Waals surface area contributed by atoms with Gasteiger partial charge in [-0.25, -0.2) is 15.0 Å². The maximum Gasteiger partial charge on any atom is 0.276 e. The lowest BCUT2D eigenvalue weighted by Crippen LogP contribution is -2.23. The number of thiazole rings is 1. The number of guanidine groups is 1. The fourth-order valence-electron chi connectivity index (χ4n) is 2.78. The summed E-state index contributed by atoms with van der Waals surface area (Å²) in [4.78, 5) is 24.8. The minimum atomic E-state index is -0.265. The second-order valence-electron chi connectivity index (χ2n) is 6.40. The summed E-state index contributed by atoms with van der Waals surface area (Å²) in [7, 11) is 0. The van der Waals surface area contributed by atoms with Gasteiger partial charge in [0, 0.05) is 12.1 Å². The number of amides is 1. The minimum Gasteiger partial charge on any atom is -0.396 e. The van der Waals surface area contributed by atoms with E-state index in [9.17, 15) is 9.90 Å². The zero-order chi connectivity index (χ0) is 17.2. The Morgan fingerprint density at radius 1 is 1.44 bits per heavy atom. The maximum atomic E-state index is 12.1. The highest BCUT2D eigenvalue weighted by molar-refractivity contribution is 7.16. The van der Waals surface area contributed by atoms with Crippen molar-refractivity contribution >= 4 is 45.7 Å². The molecule has 2 heterocycles. The number of benzene rings is 1. The van der Waals surface area contributed by atoms with Crippen molar-refractivity contribution in [3.05, 3.63) is 35.0 Å². The van der Waals surface area contributed by atoms with E-state index < -0.39 is 0 Å². The fourth-order valence-corrected chi connectivity index (χ4v) is 3.50. The van der Waals surface area contributed by atoms with Gasteiger partial charge in [-0.1, -0.05) is 18.9 Å². The molecule has 1 atom stereocenters. The molecule has 1 fully saturated rings. The molecule has 1 aromatic heterocycles. The molecule has 2 N–H and O–H groups in total. The molecule has 1 unspecified atom stereocenters. The van der Waals surface area contributed by atoms with Gasteiger partial charge in [-0.05, 0) is 36.1 Å². The first-order valence-corrected chi connectivity index (χ1v) is 9.19. The number of aliphatic hydroxyl groups excluding tert-OH is 1. The van der Waals surface area contributed by atoms with Crippen LogP contribution in [-0.2, 0) is 4.79 Å². The van der Waals surface area contributed by atoms with Gasteiger partial charge in [0.05, 0.1) is 22.3 Å². The molecule has 4 rings (SSSR count). The van der Waals surface area contributed by atoms with Crippen LogP contribution in [-0.4, -0.2) is 34.8 Å². The molecule has 7 heteroatoms. The Morgan fingerprint density at radius 3 is 3.12 bits per heavy atom. The number of aromatic nitrogens is 1. The summed E-state index contributed by atoms with van der Waals surface area (Å²) in [5, 5.41) is 12.1. The van der Waals surface area contributed by atoms with Crippen molar-refractivity contribution in [2.45, 2.75) is 19.3 Å². The van der Waals surface area contributed by atoms with Crippen LogP contribution < -0.4 is 5.32 Å². The van der Waals surface area contributed by atoms with Gasteiger partial charge < -0.3 is 5.11 Å². The molecule has 128 valence electrons. The van der Waals surface area contributed by atoms with Crippen molar-refractivity contribution in [3.8, 4) is 0 Å². The highest BCUT2D eigenvalue weighted by Crippen LogP contribution is 2.34. The number of fused-ring (bicyclic) bond motifs is 1. The summed E-state index contributed by atoms with van der Waals surface area (Å²) in [5.74, 6) is 0.748. The summed E-state index contributed by atoms with van der Waals surface area (Å²) in [6, 6.07) is 5.83. The Hall–Kier alpha value is -2.38. The fraction of sp³-hybridized carbons (Fsp3) is 0.333. The van der Waals surface area contributed by atoms with Gasteiger partial charge in [-0.15, -0.1) is 11.3 Å². The molecule has 0 bridgehead atoms. The van der Waals surface area contributed by atoms with Crippen molar-refractivity contribution in [2.24, 2.45) is 21.8 Å². The molecular weight excluding hydrogens is 336 g/mol. The van der Waals surface area contributed by atoms with E-state index in [0.717, 1.165) is 22.2 Å². The van der Waals surface area contributed by atoms with E-state index in [1.807, 2.05) is 18.2 Å². The van der Waals surface area contributed by atoms with Crippen molar-refractivity contribution in [2.75, 3.05) is 6.61 Å². The quantitative estimate of drug-likeness (QED) is 0.639. The minimum absolute atomic E-state index is 0.0221. The van der Waals surface area contributed by atoms with Crippen LogP contribution in [0.3, 0.4) is 0 Å². The number of carbonyl (C=O) groups is 1. The van der Waals surface area contributed by atoms with Gasteiger partial charge in [0.1, 0.15) is 5.70 Å². The highest BCUT2D eigenvalue weighted by atomic mass is 32.1. The third kappa shape index (κ3) is 3.83. The van der Waals surface area contributed by atoms with Crippen LogP contribution in [0.4, 0.5) is 0 Å². The van der Waals surface area contributed by atoms with Crippen molar-refractivity contribution in [1.82, 2.24) is 10.3 Å². The number of nitrogens with zero attached hydrogens (tertiary/aromatic N) is 3. The first-order chi connectivity index (χ1) is 12.2. The van der Waals surface area contributed by atoms with Crippen LogP contribution in [0.15, 0.2) is 39.4 Å². The molecule has 2 aromatic rings. The van der Waals surface area contributed by atoms with Crippen LogP contribution in [0, 0.1) is 11.8 Å². The lowest BCUT2D eigenvalue weighted by Gasteiger charge is -2.06. The number of nitrogens with one attached hydrogen (secondary N) is 1. The molecule has 1 aliphatic carbocycles. The van der Waals surface area contributed by atoms with Gasteiger partial charge in [-0.3, -0.25) is 10.1 Å². The average Bonchev–Trinajstić information content (AvgIpc) is 3.19. The molecular formula is C18H18N4O2S. The first-order valence-electron chi connectivity index (χ1n) is 8.31. The van der Waals surface area contributed by atoms with E-state index in [-0.39, 0.29) is 24.4 Å². The van der Waals surface area contributed by atoms with Gasteiger partial charge in [0.15, 0.2) is 0 Å². The largest absolute Gasteiger partial charge is 0.396 e. The van der Waals surface area contributed by atoms with E-state index in [2.05, 4.69) is 20.3 Å². The smallest absolute Gasteiger partial charge is 0.276 e. The molecule has 0 spiro atoms. The molecule has 6 nitrogen and oxygen atoms in total. The van der Waals surface area contributed by atoms with Gasteiger partial charge in [0.2, 0.25) is 5.96 Å². The first kappa shape index (κ1) is 16.1. The van der Waals surface area contributed by atoms with E-state index in [0.29, 0.717) is 11.6 Å². The van der Waals surface area contributed by atoms with Gasteiger partial charge >= 0.3 is 0 Å². The third-order valence-corrected chi connectivity index (χ3v) is 5.11. The Morgan fingerprint density at radius 2 is 2.32 bits per heavy atom. The van der Waals surface area contributed by atoms with E-state index in [4.69, 9.17) is 0 Å². The lowest BCUT2D eigenvalue weighted by molar-refractivity contribution is -0.115. The van der Waals surface area contributed by atoms with Crippen LogP contribution >= 0.6 is 11.3 Å². The van der Waals surface area contributed by atoms with E-state index in [1.165, 1.54) is 12.8 Å². The van der Waals surface area contributed by atoms with Gasteiger partial charge in [0.25, 0.3) is 5.91 Å². The average molecular weight is 354 g/mol. The Bertz CT molecular complexity index is 895. The predicted octanol–water partition coefficient (Wildman–Crippen LogP) is 2.60. The van der Waals surface area contributed by atoms with Crippen LogP contribution in [0.5, 0.6) is 0 Å². The molecule has 1 saturated carbocycles. The molecule has 2 aliphatic rings. The zero-order valence-corrected chi connectivity index (χ0v) is 14.4. The molecule has 0 radical (unpaired) electrons. The summed E-state index contributed by atoms with van der Waals surface area (Å²) in [6.07, 6.45) is 6.85. The highest BCUT2D eigenvalue weighted by Gasteiger charge is 2.25. The summed E-state index contributed by atoms with van der Waals surface area (Å²) in [5.41, 5.74) is 3.98. The van der Waals surface area contributed by atoms with Crippen LogP contribution in [0.25, 0.3) is 16.3 Å². The predicted molar refractivity (Wildman–Crippen MR) is 99.6 cm³/mol. The zero-order valence-electron chi connectivity index (χ0n) is 13.6. The maximum absolute atomic E-state index is 12.1. The molecule has 1 amide bonds. The summed E-state index contributed by atoms with van der Waals surface area (Å²) in [6.45, 7) is 0.0682. The number of aliphatic imine (C=N–C) groups is 2. The second kappa shape index (κ2) is 6.85. The summed E-state index contributed by atoms with van der Waals surface area (Å²) < 4.78 is 1.07. The number of hydrogen-bond acceptors (Lipinski definition) is 6. The monoisotopic (exact) mass is 354 g/mol. The van der Waals surface area contributed by atoms with Crippen LogP contribution in [0.1, 0.15) is 24.8 Å². The van der Waals surface area contributed by atoms with Crippen molar-refractivity contribution < 1.29 is 9.90 Å². The third-order valence-electron chi connectivity index (χ3n) is 4.32. The number of aliphatic hydroxyl groups is 1. The van der Waals surface area contributed by atoms with E-state index in [1.54, 1.807) is 29.1 Å². The SMILES string of the molecule is O=C1NC(/N=C\C(CO)CC2CC2)=NC/1=C\c1ccc2ncsc2c1.